The number of hydrogen-bond acceptors (Lipinski definition) is 1. The average molecular weight is 319 g/mol. The molecule has 1 saturated carbocycles. The topological polar surface area (TPSA) is 12.0 Å². The van der Waals surface area contributed by atoms with Gasteiger partial charge in [-0.2, -0.15) is 0 Å². The third kappa shape index (κ3) is 4.36. The van der Waals surface area contributed by atoms with Gasteiger partial charge < -0.3 is 5.32 Å². The first kappa shape index (κ1) is 17.0. The number of nitrogens with one attached hydrogen (secondary N) is 1. The van der Waals surface area contributed by atoms with Gasteiger partial charge in [-0.05, 0) is 36.3 Å². The Labute approximate surface area is 146 Å². The number of benzene rings is 2. The summed E-state index contributed by atoms with van der Waals surface area (Å²) in [5.74, 6) is 0.770. The Morgan fingerprint density at radius 1 is 0.875 bits per heavy atom. The molecule has 24 heavy (non-hydrogen) atoms. The van der Waals surface area contributed by atoms with Crippen LogP contribution in [-0.4, -0.2) is 6.04 Å². The van der Waals surface area contributed by atoms with Crippen molar-refractivity contribution in [2.45, 2.75) is 50.6 Å². The maximum Gasteiger partial charge on any atom is 0.0579 e. The van der Waals surface area contributed by atoms with Crippen molar-refractivity contribution in [2.24, 2.45) is 5.92 Å². The maximum atomic E-state index is 4.01. The van der Waals surface area contributed by atoms with E-state index in [9.17, 15) is 0 Å². The van der Waals surface area contributed by atoms with E-state index >= 15 is 0 Å². The van der Waals surface area contributed by atoms with Gasteiger partial charge in [0, 0.05) is 6.04 Å². The van der Waals surface area contributed by atoms with Gasteiger partial charge in [-0.3, -0.25) is 0 Å². The van der Waals surface area contributed by atoms with Gasteiger partial charge >= 0.3 is 0 Å². The van der Waals surface area contributed by atoms with Crippen molar-refractivity contribution >= 4 is 0 Å². The number of hydrogen-bond donors (Lipinski definition) is 1. The van der Waals surface area contributed by atoms with Gasteiger partial charge in [-0.15, -0.1) is 6.58 Å². The van der Waals surface area contributed by atoms with Gasteiger partial charge in [0.15, 0.2) is 0 Å². The highest BCUT2D eigenvalue weighted by Gasteiger charge is 2.26. The van der Waals surface area contributed by atoms with Crippen molar-refractivity contribution in [3.8, 4) is 0 Å². The standard InChI is InChI=1S/C23H29N/c1-2-12-22(19-13-6-3-7-14-19)24-23(20-15-8-4-9-16-20)21-17-10-5-11-18-21/h2,4-5,8-11,15-19,22-24H,1,3,6-7,12-14H2. The van der Waals surface area contributed by atoms with Crippen molar-refractivity contribution in [1.82, 2.24) is 5.32 Å². The molecular formula is C23H29N. The molecule has 1 aliphatic rings. The fourth-order valence-corrected chi connectivity index (χ4v) is 4.00. The summed E-state index contributed by atoms with van der Waals surface area (Å²) in [5.41, 5.74) is 2.68. The molecule has 3 rings (SSSR count). The van der Waals surface area contributed by atoms with E-state index in [2.05, 4.69) is 78.6 Å². The van der Waals surface area contributed by atoms with Crippen LogP contribution < -0.4 is 5.32 Å². The summed E-state index contributed by atoms with van der Waals surface area (Å²) < 4.78 is 0. The molecule has 0 spiro atoms. The lowest BCUT2D eigenvalue weighted by Gasteiger charge is -2.34. The molecule has 2 aromatic rings. The van der Waals surface area contributed by atoms with E-state index in [1.54, 1.807) is 0 Å². The first-order valence-corrected chi connectivity index (χ1v) is 9.35. The molecule has 1 heteroatoms. The summed E-state index contributed by atoms with van der Waals surface area (Å²) in [4.78, 5) is 0. The van der Waals surface area contributed by atoms with Crippen LogP contribution in [0.3, 0.4) is 0 Å². The Morgan fingerprint density at radius 3 is 1.92 bits per heavy atom. The third-order valence-electron chi connectivity index (χ3n) is 5.29. The lowest BCUT2D eigenvalue weighted by Crippen LogP contribution is -2.39. The molecule has 0 saturated heterocycles. The quantitative estimate of drug-likeness (QED) is 0.627. The third-order valence-corrected chi connectivity index (χ3v) is 5.29. The summed E-state index contributed by atoms with van der Waals surface area (Å²) in [5, 5.41) is 3.99. The fourth-order valence-electron chi connectivity index (χ4n) is 4.00. The second-order valence-electron chi connectivity index (χ2n) is 6.95. The molecule has 0 radical (unpaired) electrons. The van der Waals surface area contributed by atoms with Crippen molar-refractivity contribution in [3.63, 3.8) is 0 Å². The second-order valence-corrected chi connectivity index (χ2v) is 6.95. The zero-order chi connectivity index (χ0) is 16.6. The fraction of sp³-hybridized carbons (Fsp3) is 0.391. The van der Waals surface area contributed by atoms with Gasteiger partial charge in [-0.1, -0.05) is 86.0 Å². The van der Waals surface area contributed by atoms with E-state index in [1.165, 1.54) is 43.2 Å². The van der Waals surface area contributed by atoms with Crippen LogP contribution >= 0.6 is 0 Å². The normalized spacial score (nSPS) is 16.9. The smallest absolute Gasteiger partial charge is 0.0579 e. The van der Waals surface area contributed by atoms with Crippen LogP contribution in [0.1, 0.15) is 55.7 Å². The molecule has 0 bridgehead atoms. The van der Waals surface area contributed by atoms with Gasteiger partial charge in [0.25, 0.3) is 0 Å². The summed E-state index contributed by atoms with van der Waals surface area (Å²) in [6.45, 7) is 4.01. The Kier molecular flexibility index (Phi) is 6.26. The molecular weight excluding hydrogens is 290 g/mol. The molecule has 1 atom stereocenters. The summed E-state index contributed by atoms with van der Waals surface area (Å²) >= 11 is 0. The lowest BCUT2D eigenvalue weighted by molar-refractivity contribution is 0.259. The van der Waals surface area contributed by atoms with E-state index in [1.807, 2.05) is 0 Å². The average Bonchev–Trinajstić information content (AvgIpc) is 2.67. The SMILES string of the molecule is C=CCC(NC(c1ccccc1)c1ccccc1)C1CCCCC1. The zero-order valence-electron chi connectivity index (χ0n) is 14.5. The van der Waals surface area contributed by atoms with Crippen LogP contribution in [0.5, 0.6) is 0 Å². The summed E-state index contributed by atoms with van der Waals surface area (Å²) in [6.07, 6.45) is 9.98. The first-order valence-electron chi connectivity index (χ1n) is 9.35. The van der Waals surface area contributed by atoms with Crippen LogP contribution in [0.4, 0.5) is 0 Å². The second kappa shape index (κ2) is 8.84. The molecule has 1 fully saturated rings. The molecule has 0 aliphatic heterocycles. The highest BCUT2D eigenvalue weighted by Crippen LogP contribution is 2.31. The highest BCUT2D eigenvalue weighted by atomic mass is 15.0. The summed E-state index contributed by atoms with van der Waals surface area (Å²) in [6, 6.07) is 22.4. The van der Waals surface area contributed by atoms with Crippen LogP contribution in [-0.2, 0) is 0 Å². The first-order chi connectivity index (χ1) is 11.9. The minimum absolute atomic E-state index is 0.249. The minimum atomic E-state index is 0.249. The maximum absolute atomic E-state index is 4.01. The van der Waals surface area contributed by atoms with Crippen LogP contribution in [0.2, 0.25) is 0 Å². The lowest BCUT2D eigenvalue weighted by atomic mass is 9.82. The van der Waals surface area contributed by atoms with Crippen LogP contribution in [0.15, 0.2) is 73.3 Å². The van der Waals surface area contributed by atoms with E-state index in [4.69, 9.17) is 0 Å². The van der Waals surface area contributed by atoms with E-state index in [-0.39, 0.29) is 6.04 Å². The largest absolute Gasteiger partial charge is 0.303 e. The Hall–Kier alpha value is -1.86. The molecule has 1 aliphatic carbocycles. The predicted octanol–water partition coefficient (Wildman–Crippen LogP) is 5.89. The van der Waals surface area contributed by atoms with Crippen LogP contribution in [0.25, 0.3) is 0 Å². The van der Waals surface area contributed by atoms with E-state index in [0.717, 1.165) is 12.3 Å². The molecule has 1 nitrogen and oxygen atoms in total. The van der Waals surface area contributed by atoms with E-state index in [0.29, 0.717) is 6.04 Å². The van der Waals surface area contributed by atoms with Gasteiger partial charge in [0.2, 0.25) is 0 Å². The molecule has 1 unspecified atom stereocenters. The molecule has 2 aromatic carbocycles. The van der Waals surface area contributed by atoms with Gasteiger partial charge in [-0.25, -0.2) is 0 Å². The van der Waals surface area contributed by atoms with E-state index < -0.39 is 0 Å². The zero-order valence-corrected chi connectivity index (χ0v) is 14.5. The molecule has 0 amide bonds. The van der Waals surface area contributed by atoms with Gasteiger partial charge in [0.1, 0.15) is 0 Å². The van der Waals surface area contributed by atoms with Crippen molar-refractivity contribution < 1.29 is 0 Å². The monoisotopic (exact) mass is 319 g/mol. The van der Waals surface area contributed by atoms with Crippen molar-refractivity contribution in [1.29, 1.82) is 0 Å². The molecule has 0 aromatic heterocycles. The minimum Gasteiger partial charge on any atom is -0.303 e. The van der Waals surface area contributed by atoms with Crippen molar-refractivity contribution in [3.05, 3.63) is 84.4 Å². The Balaban J connectivity index is 1.85. The Morgan fingerprint density at radius 2 is 1.42 bits per heavy atom. The highest BCUT2D eigenvalue weighted by molar-refractivity contribution is 5.31. The summed E-state index contributed by atoms with van der Waals surface area (Å²) in [7, 11) is 0. The molecule has 1 N–H and O–H groups in total. The van der Waals surface area contributed by atoms with Crippen molar-refractivity contribution in [2.75, 3.05) is 0 Å². The predicted molar refractivity (Wildman–Crippen MR) is 103 cm³/mol. The van der Waals surface area contributed by atoms with Gasteiger partial charge in [0.05, 0.1) is 6.04 Å². The molecule has 126 valence electrons. The molecule has 0 heterocycles. The van der Waals surface area contributed by atoms with Crippen LogP contribution in [0, 0.1) is 5.92 Å². The Bertz CT molecular complexity index is 559. The number of rotatable bonds is 7.